The van der Waals surface area contributed by atoms with Crippen LogP contribution in [-0.4, -0.2) is 17.4 Å². The first kappa shape index (κ1) is 13.2. The number of carbonyl (C=O) groups is 1. The number of thiazole rings is 1. The van der Waals surface area contributed by atoms with E-state index in [0.717, 1.165) is 24.4 Å². The van der Waals surface area contributed by atoms with E-state index in [2.05, 4.69) is 31.1 Å². The number of hydrogen-bond donors (Lipinski definition) is 1. The molecule has 0 radical (unpaired) electrons. The lowest BCUT2D eigenvalue weighted by molar-refractivity contribution is 0.0948. The Morgan fingerprint density at radius 3 is 2.81 bits per heavy atom. The predicted molar refractivity (Wildman–Crippen MR) is 68.1 cm³/mol. The van der Waals surface area contributed by atoms with E-state index in [-0.39, 0.29) is 5.91 Å². The van der Waals surface area contributed by atoms with Crippen molar-refractivity contribution in [3.63, 3.8) is 0 Å². The zero-order chi connectivity index (χ0) is 12.0. The molecule has 0 saturated heterocycles. The van der Waals surface area contributed by atoms with E-state index in [9.17, 15) is 4.79 Å². The highest BCUT2D eigenvalue weighted by atomic mass is 32.1. The van der Waals surface area contributed by atoms with E-state index in [1.807, 2.05) is 5.38 Å². The Hall–Kier alpha value is -0.900. The molecule has 1 aromatic rings. The Kier molecular flexibility index (Phi) is 5.46. The lowest BCUT2D eigenvalue weighted by Crippen LogP contribution is -2.24. The molecule has 0 aromatic carbocycles. The second kappa shape index (κ2) is 6.63. The molecule has 1 rings (SSSR count). The summed E-state index contributed by atoms with van der Waals surface area (Å²) < 4.78 is 0. The summed E-state index contributed by atoms with van der Waals surface area (Å²) >= 11 is 1.56. The van der Waals surface area contributed by atoms with Gasteiger partial charge in [0.2, 0.25) is 0 Å². The molecule has 0 saturated carbocycles. The number of hydrogen-bond acceptors (Lipinski definition) is 3. The monoisotopic (exact) mass is 240 g/mol. The first-order valence-electron chi connectivity index (χ1n) is 5.88. The van der Waals surface area contributed by atoms with Crippen LogP contribution < -0.4 is 5.32 Å². The molecule has 0 aliphatic rings. The molecule has 0 atom stereocenters. The molecular formula is C12H20N2OS. The van der Waals surface area contributed by atoms with Crippen LogP contribution in [0.1, 0.15) is 61.4 Å². The highest BCUT2D eigenvalue weighted by molar-refractivity contribution is 7.09. The van der Waals surface area contributed by atoms with Gasteiger partial charge in [-0.05, 0) is 6.42 Å². The van der Waals surface area contributed by atoms with Crippen LogP contribution in [0.2, 0.25) is 0 Å². The summed E-state index contributed by atoms with van der Waals surface area (Å²) in [7, 11) is 0. The fourth-order valence-electron chi connectivity index (χ4n) is 1.32. The topological polar surface area (TPSA) is 42.0 Å². The largest absolute Gasteiger partial charge is 0.351 e. The molecule has 1 amide bonds. The molecule has 1 N–H and O–H groups in total. The molecule has 4 heteroatoms. The van der Waals surface area contributed by atoms with Crippen LogP contribution >= 0.6 is 11.3 Å². The Morgan fingerprint density at radius 1 is 1.50 bits per heavy atom. The zero-order valence-electron chi connectivity index (χ0n) is 10.2. The normalized spacial score (nSPS) is 10.8. The minimum absolute atomic E-state index is 0.0424. The third-order valence-electron chi connectivity index (χ3n) is 2.31. The molecule has 3 nitrogen and oxygen atoms in total. The van der Waals surface area contributed by atoms with Crippen LogP contribution in [-0.2, 0) is 0 Å². The maximum absolute atomic E-state index is 11.7. The Morgan fingerprint density at radius 2 is 2.25 bits per heavy atom. The highest BCUT2D eigenvalue weighted by Crippen LogP contribution is 2.18. The van der Waals surface area contributed by atoms with Gasteiger partial charge in [0.05, 0.1) is 5.01 Å². The van der Waals surface area contributed by atoms with Gasteiger partial charge in [0.25, 0.3) is 5.91 Å². The van der Waals surface area contributed by atoms with Crippen molar-refractivity contribution in [3.8, 4) is 0 Å². The van der Waals surface area contributed by atoms with Crippen LogP contribution in [0.25, 0.3) is 0 Å². The van der Waals surface area contributed by atoms with E-state index < -0.39 is 0 Å². The summed E-state index contributed by atoms with van der Waals surface area (Å²) in [4.78, 5) is 16.0. The van der Waals surface area contributed by atoms with E-state index in [4.69, 9.17) is 0 Å². The number of nitrogens with one attached hydrogen (secondary N) is 1. The van der Waals surface area contributed by atoms with E-state index in [1.165, 1.54) is 6.42 Å². The molecule has 0 bridgehead atoms. The quantitative estimate of drug-likeness (QED) is 0.776. The molecule has 16 heavy (non-hydrogen) atoms. The molecule has 0 aliphatic heterocycles. The van der Waals surface area contributed by atoms with Crippen LogP contribution in [0, 0.1) is 0 Å². The van der Waals surface area contributed by atoms with Crippen molar-refractivity contribution < 1.29 is 4.79 Å². The van der Waals surface area contributed by atoms with E-state index in [1.54, 1.807) is 11.3 Å². The van der Waals surface area contributed by atoms with Gasteiger partial charge in [0.15, 0.2) is 0 Å². The smallest absolute Gasteiger partial charge is 0.270 e. The lowest BCUT2D eigenvalue weighted by atomic mass is 10.2. The summed E-state index contributed by atoms with van der Waals surface area (Å²) in [5, 5.41) is 5.76. The molecular weight excluding hydrogens is 220 g/mol. The lowest BCUT2D eigenvalue weighted by Gasteiger charge is -2.02. The van der Waals surface area contributed by atoms with Gasteiger partial charge in [-0.3, -0.25) is 4.79 Å². The number of aromatic nitrogens is 1. The number of unbranched alkanes of at least 4 members (excludes halogenated alkanes) is 2. The highest BCUT2D eigenvalue weighted by Gasteiger charge is 2.11. The number of amides is 1. The fraction of sp³-hybridized carbons (Fsp3) is 0.667. The van der Waals surface area contributed by atoms with Gasteiger partial charge < -0.3 is 5.32 Å². The van der Waals surface area contributed by atoms with Crippen molar-refractivity contribution in [2.45, 2.75) is 46.0 Å². The van der Waals surface area contributed by atoms with E-state index >= 15 is 0 Å². The average Bonchev–Trinajstić information content (AvgIpc) is 2.73. The summed E-state index contributed by atoms with van der Waals surface area (Å²) in [6.45, 7) is 7.07. The zero-order valence-corrected chi connectivity index (χ0v) is 11.1. The Labute approximate surface area is 101 Å². The molecule has 0 fully saturated rings. The molecule has 1 heterocycles. The van der Waals surface area contributed by atoms with Gasteiger partial charge in [-0.15, -0.1) is 11.3 Å². The third kappa shape index (κ3) is 3.93. The minimum atomic E-state index is -0.0424. The van der Waals surface area contributed by atoms with Crippen LogP contribution in [0.3, 0.4) is 0 Å². The number of carbonyl (C=O) groups excluding carboxylic acids is 1. The second-order valence-corrected chi connectivity index (χ2v) is 5.08. The summed E-state index contributed by atoms with van der Waals surface area (Å²) in [5.74, 6) is 0.353. The fourth-order valence-corrected chi connectivity index (χ4v) is 2.14. The summed E-state index contributed by atoms with van der Waals surface area (Å²) in [6.07, 6.45) is 3.38. The summed E-state index contributed by atoms with van der Waals surface area (Å²) in [6, 6.07) is 0. The van der Waals surface area contributed by atoms with Gasteiger partial charge in [-0.1, -0.05) is 33.6 Å². The molecule has 0 aliphatic carbocycles. The number of rotatable bonds is 6. The molecule has 1 aromatic heterocycles. The van der Waals surface area contributed by atoms with Crippen molar-refractivity contribution in [1.29, 1.82) is 0 Å². The maximum Gasteiger partial charge on any atom is 0.270 e. The first-order chi connectivity index (χ1) is 7.65. The summed E-state index contributed by atoms with van der Waals surface area (Å²) in [5.41, 5.74) is 0.560. The van der Waals surface area contributed by atoms with Crippen molar-refractivity contribution in [2.75, 3.05) is 6.54 Å². The van der Waals surface area contributed by atoms with Gasteiger partial charge in [0.1, 0.15) is 5.69 Å². The second-order valence-electron chi connectivity index (χ2n) is 4.19. The van der Waals surface area contributed by atoms with Gasteiger partial charge in [-0.2, -0.15) is 0 Å². The first-order valence-corrected chi connectivity index (χ1v) is 6.76. The molecule has 0 unspecified atom stereocenters. The predicted octanol–water partition coefficient (Wildman–Crippen LogP) is 3.19. The average molecular weight is 240 g/mol. The Bertz CT molecular complexity index is 334. The molecule has 0 spiro atoms. The molecule has 90 valence electrons. The van der Waals surface area contributed by atoms with Crippen LogP contribution in [0.4, 0.5) is 0 Å². The van der Waals surface area contributed by atoms with Gasteiger partial charge in [-0.25, -0.2) is 4.98 Å². The minimum Gasteiger partial charge on any atom is -0.351 e. The standard InChI is InChI=1S/C12H20N2OS/c1-4-5-6-7-13-11(15)10-8-16-12(14-10)9(2)3/h8-9H,4-7H2,1-3H3,(H,13,15). The SMILES string of the molecule is CCCCCNC(=O)c1csc(C(C)C)n1. The van der Waals surface area contributed by atoms with Crippen LogP contribution in [0.15, 0.2) is 5.38 Å². The van der Waals surface area contributed by atoms with Crippen molar-refractivity contribution in [1.82, 2.24) is 10.3 Å². The third-order valence-corrected chi connectivity index (χ3v) is 3.46. The number of nitrogens with zero attached hydrogens (tertiary/aromatic N) is 1. The van der Waals surface area contributed by atoms with Crippen molar-refractivity contribution in [2.24, 2.45) is 0 Å². The van der Waals surface area contributed by atoms with Gasteiger partial charge >= 0.3 is 0 Å². The Balaban J connectivity index is 2.40. The van der Waals surface area contributed by atoms with Crippen molar-refractivity contribution >= 4 is 17.2 Å². The van der Waals surface area contributed by atoms with E-state index in [0.29, 0.717) is 11.6 Å². The van der Waals surface area contributed by atoms with Gasteiger partial charge in [0, 0.05) is 17.8 Å². The van der Waals surface area contributed by atoms with Crippen LogP contribution in [0.5, 0.6) is 0 Å². The maximum atomic E-state index is 11.7. The van der Waals surface area contributed by atoms with Crippen molar-refractivity contribution in [3.05, 3.63) is 16.1 Å².